The van der Waals surface area contributed by atoms with E-state index in [1.54, 1.807) is 0 Å². The number of amides is 1. The quantitative estimate of drug-likeness (QED) is 0.599. The van der Waals surface area contributed by atoms with Crippen LogP contribution in [0.15, 0.2) is 18.5 Å². The van der Waals surface area contributed by atoms with Crippen molar-refractivity contribution in [3.8, 4) is 0 Å². The summed E-state index contributed by atoms with van der Waals surface area (Å²) in [6.45, 7) is 1.09. The summed E-state index contributed by atoms with van der Waals surface area (Å²) in [6.07, 6.45) is 5.07. The summed E-state index contributed by atoms with van der Waals surface area (Å²) in [5.74, 6) is 0.0260. The molecular formula is C9H15N3O. The van der Waals surface area contributed by atoms with E-state index in [1.807, 2.05) is 18.5 Å². The highest BCUT2D eigenvalue weighted by atomic mass is 16.1. The number of hydrogen-bond donors (Lipinski definition) is 3. The fraction of sp³-hybridized carbons (Fsp3) is 0.444. The number of hydrogen-bond acceptors (Lipinski definition) is 2. The van der Waals surface area contributed by atoms with E-state index in [9.17, 15) is 4.79 Å². The predicted octanol–water partition coefficient (Wildman–Crippen LogP) is 0.0222. The van der Waals surface area contributed by atoms with E-state index in [1.165, 1.54) is 5.56 Å². The Hall–Kier alpha value is -1.29. The van der Waals surface area contributed by atoms with Gasteiger partial charge in [-0.3, -0.25) is 4.79 Å². The number of nitrogens with one attached hydrogen (secondary N) is 2. The van der Waals surface area contributed by atoms with Crippen LogP contribution in [0.4, 0.5) is 0 Å². The van der Waals surface area contributed by atoms with Gasteiger partial charge in [0.1, 0.15) is 0 Å². The molecule has 0 aliphatic carbocycles. The van der Waals surface area contributed by atoms with Crippen molar-refractivity contribution in [3.05, 3.63) is 24.0 Å². The van der Waals surface area contributed by atoms with Crippen molar-refractivity contribution in [2.75, 3.05) is 13.1 Å². The fourth-order valence-corrected chi connectivity index (χ4v) is 1.08. The van der Waals surface area contributed by atoms with Crippen LogP contribution in [0.3, 0.4) is 0 Å². The Balaban J connectivity index is 2.11. The van der Waals surface area contributed by atoms with E-state index < -0.39 is 0 Å². The lowest BCUT2D eigenvalue weighted by molar-refractivity contribution is -0.120. The van der Waals surface area contributed by atoms with Gasteiger partial charge in [0.25, 0.3) is 0 Å². The molecule has 0 unspecified atom stereocenters. The molecule has 72 valence electrons. The van der Waals surface area contributed by atoms with Gasteiger partial charge in [-0.15, -0.1) is 0 Å². The minimum absolute atomic E-state index is 0.0260. The molecule has 4 N–H and O–H groups in total. The zero-order chi connectivity index (χ0) is 9.52. The second-order valence-electron chi connectivity index (χ2n) is 2.86. The zero-order valence-electron chi connectivity index (χ0n) is 7.55. The molecule has 1 aromatic rings. The normalized spacial score (nSPS) is 9.92. The van der Waals surface area contributed by atoms with Gasteiger partial charge in [-0.05, 0) is 18.1 Å². The van der Waals surface area contributed by atoms with Gasteiger partial charge in [0.05, 0.1) is 0 Å². The van der Waals surface area contributed by atoms with Crippen LogP contribution in [0.1, 0.15) is 12.0 Å². The summed E-state index contributed by atoms with van der Waals surface area (Å²) >= 11 is 0. The first-order valence-electron chi connectivity index (χ1n) is 4.41. The number of H-pyrrole nitrogens is 1. The minimum Gasteiger partial charge on any atom is -0.367 e. The molecule has 4 nitrogen and oxygen atoms in total. The van der Waals surface area contributed by atoms with Crippen LogP contribution in [-0.2, 0) is 11.2 Å². The number of carbonyl (C=O) groups is 1. The van der Waals surface area contributed by atoms with Gasteiger partial charge in [0, 0.05) is 31.9 Å². The molecule has 1 aromatic heterocycles. The van der Waals surface area contributed by atoms with Crippen LogP contribution >= 0.6 is 0 Å². The first kappa shape index (κ1) is 9.80. The minimum atomic E-state index is 0.0260. The van der Waals surface area contributed by atoms with Gasteiger partial charge in [-0.25, -0.2) is 0 Å². The molecule has 0 radical (unpaired) electrons. The highest BCUT2D eigenvalue weighted by Gasteiger charge is 1.98. The van der Waals surface area contributed by atoms with Crippen molar-refractivity contribution in [1.29, 1.82) is 0 Å². The third-order valence-corrected chi connectivity index (χ3v) is 1.77. The molecular weight excluding hydrogens is 166 g/mol. The number of nitrogens with two attached hydrogens (primary N) is 1. The van der Waals surface area contributed by atoms with E-state index in [0.717, 1.165) is 6.42 Å². The molecule has 0 bridgehead atoms. The van der Waals surface area contributed by atoms with Gasteiger partial charge in [0.2, 0.25) is 5.91 Å². The summed E-state index contributed by atoms with van der Waals surface area (Å²) in [5, 5.41) is 2.79. The van der Waals surface area contributed by atoms with E-state index in [0.29, 0.717) is 19.5 Å². The van der Waals surface area contributed by atoms with Crippen LogP contribution < -0.4 is 11.1 Å². The van der Waals surface area contributed by atoms with Gasteiger partial charge < -0.3 is 16.0 Å². The lowest BCUT2D eigenvalue weighted by atomic mass is 10.2. The van der Waals surface area contributed by atoms with Crippen LogP contribution in [0.25, 0.3) is 0 Å². The maximum atomic E-state index is 11.0. The van der Waals surface area contributed by atoms with Crippen LogP contribution in [0.5, 0.6) is 0 Å². The SMILES string of the molecule is NCCC(=O)NCCc1cc[nH]c1. The Morgan fingerprint density at radius 2 is 2.46 bits per heavy atom. The molecule has 0 aliphatic rings. The third-order valence-electron chi connectivity index (χ3n) is 1.77. The summed E-state index contributed by atoms with van der Waals surface area (Å²) in [7, 11) is 0. The van der Waals surface area contributed by atoms with Gasteiger partial charge in [-0.1, -0.05) is 0 Å². The van der Waals surface area contributed by atoms with Crippen molar-refractivity contribution >= 4 is 5.91 Å². The molecule has 0 aliphatic heterocycles. The Morgan fingerprint density at radius 1 is 1.62 bits per heavy atom. The van der Waals surface area contributed by atoms with Crippen LogP contribution in [0.2, 0.25) is 0 Å². The second-order valence-corrected chi connectivity index (χ2v) is 2.86. The van der Waals surface area contributed by atoms with Crippen LogP contribution in [0, 0.1) is 0 Å². The largest absolute Gasteiger partial charge is 0.367 e. The van der Waals surface area contributed by atoms with Crippen molar-refractivity contribution in [3.63, 3.8) is 0 Å². The van der Waals surface area contributed by atoms with Gasteiger partial charge in [0.15, 0.2) is 0 Å². The van der Waals surface area contributed by atoms with E-state index in [-0.39, 0.29) is 5.91 Å². The number of aromatic nitrogens is 1. The smallest absolute Gasteiger partial charge is 0.221 e. The predicted molar refractivity (Wildman–Crippen MR) is 51.2 cm³/mol. The summed E-state index contributed by atoms with van der Waals surface area (Å²) in [6, 6.07) is 2.00. The van der Waals surface area contributed by atoms with E-state index >= 15 is 0 Å². The van der Waals surface area contributed by atoms with Crippen molar-refractivity contribution in [2.24, 2.45) is 5.73 Å². The van der Waals surface area contributed by atoms with Crippen LogP contribution in [-0.4, -0.2) is 24.0 Å². The summed E-state index contributed by atoms with van der Waals surface area (Å²) in [4.78, 5) is 13.9. The Bertz CT molecular complexity index is 243. The first-order valence-corrected chi connectivity index (χ1v) is 4.41. The highest BCUT2D eigenvalue weighted by molar-refractivity contribution is 5.75. The van der Waals surface area contributed by atoms with Gasteiger partial charge >= 0.3 is 0 Å². The first-order chi connectivity index (χ1) is 6.33. The Kier molecular flexibility index (Phi) is 4.05. The molecule has 0 atom stereocenters. The molecule has 1 amide bonds. The zero-order valence-corrected chi connectivity index (χ0v) is 7.55. The molecule has 1 rings (SSSR count). The van der Waals surface area contributed by atoms with E-state index in [4.69, 9.17) is 5.73 Å². The molecule has 13 heavy (non-hydrogen) atoms. The maximum Gasteiger partial charge on any atom is 0.221 e. The molecule has 0 spiro atoms. The summed E-state index contributed by atoms with van der Waals surface area (Å²) in [5.41, 5.74) is 6.43. The number of carbonyl (C=O) groups excluding carboxylic acids is 1. The standard InChI is InChI=1S/C9H15N3O/c10-4-1-9(13)12-6-3-8-2-5-11-7-8/h2,5,7,11H,1,3-4,6,10H2,(H,12,13). The lowest BCUT2D eigenvalue weighted by Crippen LogP contribution is -2.27. The Labute approximate surface area is 77.5 Å². The highest BCUT2D eigenvalue weighted by Crippen LogP contribution is 1.95. The molecule has 0 saturated heterocycles. The molecule has 0 aromatic carbocycles. The monoisotopic (exact) mass is 181 g/mol. The van der Waals surface area contributed by atoms with Crippen molar-refractivity contribution < 1.29 is 4.79 Å². The van der Waals surface area contributed by atoms with Crippen molar-refractivity contribution in [1.82, 2.24) is 10.3 Å². The second kappa shape index (κ2) is 5.37. The van der Waals surface area contributed by atoms with Crippen molar-refractivity contribution in [2.45, 2.75) is 12.8 Å². The average molecular weight is 181 g/mol. The van der Waals surface area contributed by atoms with Gasteiger partial charge in [-0.2, -0.15) is 0 Å². The summed E-state index contributed by atoms with van der Waals surface area (Å²) < 4.78 is 0. The number of rotatable bonds is 5. The number of aromatic amines is 1. The molecule has 4 heteroatoms. The van der Waals surface area contributed by atoms with E-state index in [2.05, 4.69) is 10.3 Å². The third kappa shape index (κ3) is 3.75. The molecule has 0 saturated carbocycles. The fourth-order valence-electron chi connectivity index (χ4n) is 1.08. The maximum absolute atomic E-state index is 11.0. The Morgan fingerprint density at radius 3 is 3.08 bits per heavy atom. The lowest BCUT2D eigenvalue weighted by Gasteiger charge is -2.02. The average Bonchev–Trinajstić information content (AvgIpc) is 2.57. The topological polar surface area (TPSA) is 70.9 Å². The molecule has 1 heterocycles. The molecule has 0 fully saturated rings.